The zero-order chi connectivity index (χ0) is 18.4. The number of hydrogen-bond donors (Lipinski definition) is 0. The number of ether oxygens (including phenoxy) is 1. The van der Waals surface area contributed by atoms with E-state index in [9.17, 15) is 4.79 Å². The first-order valence-electron chi connectivity index (χ1n) is 9.25. The summed E-state index contributed by atoms with van der Waals surface area (Å²) in [5.74, 6) is 0. The molecule has 0 bridgehead atoms. The number of thiophene rings is 1. The highest BCUT2D eigenvalue weighted by molar-refractivity contribution is 7.19. The molecule has 4 heterocycles. The van der Waals surface area contributed by atoms with Crippen LogP contribution >= 0.6 is 11.3 Å². The second-order valence-corrected chi connectivity index (χ2v) is 8.52. The van der Waals surface area contributed by atoms with Crippen molar-refractivity contribution in [1.29, 1.82) is 0 Å². The molecule has 2 atom stereocenters. The Hall–Kier alpha value is -2.44. The number of carbonyl (C=O) groups is 1. The molecule has 5 rings (SSSR count). The number of aryl methyl sites for hydroxylation is 1. The molecule has 2 fully saturated rings. The molecule has 0 saturated carbocycles. The van der Waals surface area contributed by atoms with Crippen LogP contribution in [-0.2, 0) is 17.8 Å². The number of fused-ring (bicyclic) bond motifs is 2. The molecule has 27 heavy (non-hydrogen) atoms. The largest absolute Gasteiger partial charge is 0.442 e. The molecule has 5 nitrogen and oxygen atoms in total. The standard InChI is InChI=1S/C21H21N3O2S/c1-14-17(16-7-2-3-8-20(16)27-14)11-23-12-18-19(13-23)26-21(25)24(18)10-15-6-4-5-9-22-15/h2-9,18-19H,10-13H2,1H3/t18-,19+/m0/s1. The molecule has 2 aliphatic heterocycles. The molecule has 1 aromatic carbocycles. The summed E-state index contributed by atoms with van der Waals surface area (Å²) in [6.45, 7) is 5.24. The summed E-state index contributed by atoms with van der Waals surface area (Å²) >= 11 is 1.86. The number of aromatic nitrogens is 1. The van der Waals surface area contributed by atoms with E-state index in [1.54, 1.807) is 6.20 Å². The number of nitrogens with zero attached hydrogens (tertiary/aromatic N) is 3. The number of carbonyl (C=O) groups excluding carboxylic acids is 1. The molecule has 0 unspecified atom stereocenters. The third kappa shape index (κ3) is 2.99. The van der Waals surface area contributed by atoms with Crippen molar-refractivity contribution in [1.82, 2.24) is 14.8 Å². The Balaban J connectivity index is 1.33. The van der Waals surface area contributed by atoms with E-state index in [0.717, 1.165) is 25.3 Å². The predicted octanol–water partition coefficient (Wildman–Crippen LogP) is 3.81. The molecule has 2 aliphatic rings. The molecule has 6 heteroatoms. The summed E-state index contributed by atoms with van der Waals surface area (Å²) in [6.07, 6.45) is 1.50. The van der Waals surface area contributed by atoms with E-state index in [4.69, 9.17) is 4.74 Å². The molecule has 3 aromatic rings. The van der Waals surface area contributed by atoms with Gasteiger partial charge in [0.2, 0.25) is 0 Å². The Kier molecular flexibility index (Phi) is 4.10. The van der Waals surface area contributed by atoms with Crippen LogP contribution in [0.4, 0.5) is 4.79 Å². The van der Waals surface area contributed by atoms with Crippen molar-refractivity contribution < 1.29 is 9.53 Å². The lowest BCUT2D eigenvalue weighted by molar-refractivity contribution is 0.119. The van der Waals surface area contributed by atoms with Crippen molar-refractivity contribution in [3.05, 3.63) is 64.8 Å². The highest BCUT2D eigenvalue weighted by Gasteiger charge is 2.47. The highest BCUT2D eigenvalue weighted by Crippen LogP contribution is 2.34. The van der Waals surface area contributed by atoms with Gasteiger partial charge in [0.25, 0.3) is 0 Å². The van der Waals surface area contributed by atoms with E-state index in [2.05, 4.69) is 41.1 Å². The molecule has 0 N–H and O–H groups in total. The number of benzene rings is 1. The van der Waals surface area contributed by atoms with Crippen LogP contribution in [0.5, 0.6) is 0 Å². The second kappa shape index (κ2) is 6.62. The van der Waals surface area contributed by atoms with Gasteiger partial charge in [-0.15, -0.1) is 11.3 Å². The summed E-state index contributed by atoms with van der Waals surface area (Å²) in [5.41, 5.74) is 2.30. The average molecular weight is 379 g/mol. The van der Waals surface area contributed by atoms with Crippen LogP contribution in [0, 0.1) is 6.92 Å². The fourth-order valence-electron chi connectivity index (χ4n) is 4.20. The Morgan fingerprint density at radius 2 is 2.00 bits per heavy atom. The number of pyridine rings is 1. The van der Waals surface area contributed by atoms with Gasteiger partial charge in [0.05, 0.1) is 18.3 Å². The lowest BCUT2D eigenvalue weighted by Gasteiger charge is -2.22. The molecule has 1 amide bonds. The fourth-order valence-corrected chi connectivity index (χ4v) is 5.27. The third-order valence-electron chi connectivity index (χ3n) is 5.54. The van der Waals surface area contributed by atoms with E-state index in [1.165, 1.54) is 20.5 Å². The molecule has 2 saturated heterocycles. The zero-order valence-corrected chi connectivity index (χ0v) is 16.0. The Morgan fingerprint density at radius 3 is 2.85 bits per heavy atom. The van der Waals surface area contributed by atoms with Crippen molar-refractivity contribution in [3.8, 4) is 0 Å². The monoisotopic (exact) mass is 379 g/mol. The Bertz CT molecular complexity index is 988. The second-order valence-electron chi connectivity index (χ2n) is 7.27. The topological polar surface area (TPSA) is 45.7 Å². The molecule has 138 valence electrons. The van der Waals surface area contributed by atoms with Crippen LogP contribution in [0.2, 0.25) is 0 Å². The smallest absolute Gasteiger partial charge is 0.410 e. The summed E-state index contributed by atoms with van der Waals surface area (Å²) in [6, 6.07) is 14.5. The highest BCUT2D eigenvalue weighted by atomic mass is 32.1. The van der Waals surface area contributed by atoms with Gasteiger partial charge < -0.3 is 4.74 Å². The maximum Gasteiger partial charge on any atom is 0.410 e. The summed E-state index contributed by atoms with van der Waals surface area (Å²) in [4.78, 5) is 22.3. The summed E-state index contributed by atoms with van der Waals surface area (Å²) < 4.78 is 7.00. The van der Waals surface area contributed by atoms with Crippen LogP contribution in [0.1, 0.15) is 16.1 Å². The van der Waals surface area contributed by atoms with Crippen LogP contribution < -0.4 is 0 Å². The zero-order valence-electron chi connectivity index (χ0n) is 15.2. The van der Waals surface area contributed by atoms with Crippen molar-refractivity contribution in [2.45, 2.75) is 32.2 Å². The minimum atomic E-state index is -0.215. The van der Waals surface area contributed by atoms with Crippen LogP contribution in [0.3, 0.4) is 0 Å². The maximum atomic E-state index is 12.3. The first kappa shape index (κ1) is 16.7. The SMILES string of the molecule is Cc1sc2ccccc2c1CN1C[C@H]2OC(=O)N(Cc3ccccn3)[C@H]2C1. The maximum absolute atomic E-state index is 12.3. The van der Waals surface area contributed by atoms with Crippen LogP contribution in [-0.4, -0.2) is 46.1 Å². The number of likely N-dealkylation sites (tertiary alicyclic amines) is 1. The fraction of sp³-hybridized carbons (Fsp3) is 0.333. The normalized spacial score (nSPS) is 22.4. The van der Waals surface area contributed by atoms with E-state index >= 15 is 0 Å². The Labute approximate surface area is 162 Å². The van der Waals surface area contributed by atoms with E-state index in [0.29, 0.717) is 6.54 Å². The van der Waals surface area contributed by atoms with Gasteiger partial charge in [-0.25, -0.2) is 4.79 Å². The van der Waals surface area contributed by atoms with Gasteiger partial charge in [0.15, 0.2) is 0 Å². The van der Waals surface area contributed by atoms with Crippen molar-refractivity contribution in [3.63, 3.8) is 0 Å². The van der Waals surface area contributed by atoms with Gasteiger partial charge in [-0.05, 0) is 36.1 Å². The molecule has 0 radical (unpaired) electrons. The first-order chi connectivity index (χ1) is 13.2. The molecular weight excluding hydrogens is 358 g/mol. The van der Waals surface area contributed by atoms with Gasteiger partial charge >= 0.3 is 6.09 Å². The van der Waals surface area contributed by atoms with Crippen molar-refractivity contribution in [2.75, 3.05) is 13.1 Å². The summed E-state index contributed by atoms with van der Waals surface area (Å²) in [5, 5.41) is 1.35. The number of amides is 1. The van der Waals surface area contributed by atoms with Crippen LogP contribution in [0.25, 0.3) is 10.1 Å². The number of rotatable bonds is 4. The first-order valence-corrected chi connectivity index (χ1v) is 10.1. The van der Waals surface area contributed by atoms with Gasteiger partial charge in [-0.1, -0.05) is 24.3 Å². The van der Waals surface area contributed by atoms with Crippen LogP contribution in [0.15, 0.2) is 48.7 Å². The van der Waals surface area contributed by atoms with Crippen molar-refractivity contribution in [2.24, 2.45) is 0 Å². The Morgan fingerprint density at radius 1 is 1.15 bits per heavy atom. The van der Waals surface area contributed by atoms with E-state index in [1.807, 2.05) is 34.4 Å². The van der Waals surface area contributed by atoms with Gasteiger partial charge in [-0.3, -0.25) is 14.8 Å². The minimum absolute atomic E-state index is 0.0496. The average Bonchev–Trinajstić information content (AvgIpc) is 3.29. The third-order valence-corrected chi connectivity index (χ3v) is 6.67. The number of hydrogen-bond acceptors (Lipinski definition) is 5. The van der Waals surface area contributed by atoms with Gasteiger partial charge in [-0.2, -0.15) is 0 Å². The molecule has 0 aliphatic carbocycles. The van der Waals surface area contributed by atoms with Gasteiger partial charge in [0.1, 0.15) is 6.10 Å². The van der Waals surface area contributed by atoms with Crippen molar-refractivity contribution >= 4 is 27.5 Å². The predicted molar refractivity (Wildman–Crippen MR) is 106 cm³/mol. The molecule has 0 spiro atoms. The molecule has 2 aromatic heterocycles. The van der Waals surface area contributed by atoms with E-state index in [-0.39, 0.29) is 18.2 Å². The van der Waals surface area contributed by atoms with E-state index < -0.39 is 0 Å². The van der Waals surface area contributed by atoms with Gasteiger partial charge in [0, 0.05) is 35.4 Å². The summed E-state index contributed by atoms with van der Waals surface area (Å²) in [7, 11) is 0. The minimum Gasteiger partial charge on any atom is -0.442 e. The quantitative estimate of drug-likeness (QED) is 0.692. The lowest BCUT2D eigenvalue weighted by atomic mass is 10.1. The lowest BCUT2D eigenvalue weighted by Crippen LogP contribution is -2.37. The molecular formula is C21H21N3O2S.